The van der Waals surface area contributed by atoms with Crippen LogP contribution in [0.1, 0.15) is 234 Å². The highest BCUT2D eigenvalue weighted by Gasteiger charge is 2.54. The van der Waals surface area contributed by atoms with E-state index >= 15 is 0 Å². The number of nitrogens with zero attached hydrogens (tertiary/aromatic N) is 2. The monoisotopic (exact) mass is 1070 g/mol. The van der Waals surface area contributed by atoms with Crippen LogP contribution in [0.15, 0.2) is 108 Å². The van der Waals surface area contributed by atoms with Crippen LogP contribution in [0.5, 0.6) is 0 Å². The van der Waals surface area contributed by atoms with Crippen LogP contribution >= 0.6 is 11.3 Å². The molecule has 1 saturated carbocycles. The van der Waals surface area contributed by atoms with Crippen molar-refractivity contribution in [1.29, 1.82) is 0 Å². The fraction of sp³-hybridized carbons (Fsp3) is 0.520. The molecule has 0 saturated heterocycles. The summed E-state index contributed by atoms with van der Waals surface area (Å²) in [6.45, 7) is 47.9. The smallest absolute Gasteiger partial charge is 0.264 e. The molecule has 6 aliphatic rings. The van der Waals surface area contributed by atoms with E-state index in [0.29, 0.717) is 5.92 Å². The molecule has 0 bridgehead atoms. The van der Waals surface area contributed by atoms with Gasteiger partial charge < -0.3 is 9.80 Å². The fourth-order valence-corrected chi connectivity index (χ4v) is 17.8. The molecule has 0 spiro atoms. The zero-order chi connectivity index (χ0) is 56.5. The first-order valence-corrected chi connectivity index (χ1v) is 32.0. The number of fused-ring (bicyclic) bond motifs is 7. The van der Waals surface area contributed by atoms with Gasteiger partial charge in [0, 0.05) is 38.0 Å². The maximum Gasteiger partial charge on any atom is 0.264 e. The maximum absolute atomic E-state index is 2.93. The molecule has 5 aromatic carbocycles. The molecule has 1 aromatic heterocycles. The second-order valence-electron chi connectivity index (χ2n) is 31.6. The molecular formula is C75H95BN2S. The van der Waals surface area contributed by atoms with Crippen molar-refractivity contribution in [2.24, 2.45) is 16.7 Å². The average Bonchev–Trinajstić information content (AvgIpc) is 3.89. The zero-order valence-corrected chi connectivity index (χ0v) is 53.2. The number of benzene rings is 5. The second-order valence-corrected chi connectivity index (χ2v) is 32.7. The Bertz CT molecular complexity index is 3550. The van der Waals surface area contributed by atoms with Crippen molar-refractivity contribution in [2.75, 3.05) is 9.80 Å². The van der Waals surface area contributed by atoms with Gasteiger partial charge in [0.2, 0.25) is 0 Å². The number of unbranched alkanes of at least 4 members (excludes halogenated alkanes) is 1. The highest BCUT2D eigenvalue weighted by atomic mass is 32.1. The van der Waals surface area contributed by atoms with E-state index in [1.165, 1.54) is 147 Å². The van der Waals surface area contributed by atoms with Crippen LogP contribution in [0.4, 0.5) is 28.4 Å². The Morgan fingerprint density at radius 1 is 0.595 bits per heavy atom. The normalized spacial score (nSPS) is 21.9. The third-order valence-electron chi connectivity index (χ3n) is 21.9. The minimum Gasteiger partial charge on any atom is -0.314 e. The third kappa shape index (κ3) is 8.56. The van der Waals surface area contributed by atoms with Gasteiger partial charge in [-0.25, -0.2) is 0 Å². The Hall–Kier alpha value is -4.80. The minimum atomic E-state index is -0.122. The predicted molar refractivity (Wildman–Crippen MR) is 347 cm³/mol. The van der Waals surface area contributed by atoms with Crippen LogP contribution in [0.2, 0.25) is 0 Å². The third-order valence-corrected chi connectivity index (χ3v) is 23.5. The van der Waals surface area contributed by atoms with E-state index in [4.69, 9.17) is 0 Å². The van der Waals surface area contributed by atoms with E-state index in [1.54, 1.807) is 26.3 Å². The van der Waals surface area contributed by atoms with E-state index < -0.39 is 0 Å². The molecule has 2 aliphatic heterocycles. The lowest BCUT2D eigenvalue weighted by molar-refractivity contribution is 0.121. The highest BCUT2D eigenvalue weighted by Crippen LogP contribution is 2.62. The number of hydrogen-bond donors (Lipinski definition) is 0. The quantitative estimate of drug-likeness (QED) is 0.140. The van der Waals surface area contributed by atoms with Crippen LogP contribution in [-0.4, -0.2) is 6.71 Å². The molecule has 1 atom stereocenters. The standard InChI is InChI=1S/C75H95BN2S/c1-20-22-31-75(18,19)66-51(21-2)65-67(79-66)76-59-43-56-58(74(16,17)37-35-72(56,12)13)45-61(59)78(60-44-57-55(71(10,11)34-36-73(57,14)15)42-52(60)48-28-27-46-25-23-24-26-47(46)38-48)63-40-49(68(3,4)5)39-62(64(63)76)77(65)50-29-30-53-54(41-50)70(8,9)33-32-69(53,6)7/h23-30,38-44,58H,20-22,31-37,45H2,1-19H3. The molecule has 414 valence electrons. The van der Waals surface area contributed by atoms with Gasteiger partial charge in [-0.1, -0.05) is 199 Å². The molecule has 4 aliphatic carbocycles. The van der Waals surface area contributed by atoms with Crippen LogP contribution < -0.4 is 20.0 Å². The summed E-state index contributed by atoms with van der Waals surface area (Å²) in [6.07, 6.45) is 15.7. The van der Waals surface area contributed by atoms with Gasteiger partial charge in [-0.05, 0) is 210 Å². The van der Waals surface area contributed by atoms with E-state index in [-0.39, 0.29) is 50.0 Å². The Kier molecular flexibility index (Phi) is 12.6. The van der Waals surface area contributed by atoms with Crippen molar-refractivity contribution in [1.82, 2.24) is 0 Å². The van der Waals surface area contributed by atoms with Gasteiger partial charge in [-0.15, -0.1) is 0 Å². The lowest BCUT2D eigenvalue weighted by Crippen LogP contribution is -2.56. The van der Waals surface area contributed by atoms with Crippen LogP contribution in [-0.2, 0) is 38.9 Å². The van der Waals surface area contributed by atoms with E-state index in [9.17, 15) is 0 Å². The number of thiophene rings is 1. The van der Waals surface area contributed by atoms with Gasteiger partial charge >= 0.3 is 0 Å². The molecule has 4 heteroatoms. The maximum atomic E-state index is 2.93. The SMILES string of the molecule is CCCCC(C)(C)c1sc2c(c1CC)N(c1ccc3c(c1)C(C)(C)CCC3(C)C)c1cc(C(C)(C)C)cc3c1B2C1=C(CC2C(=C1)C(C)(C)CCC2(C)C)N3c1cc2c(cc1-c1ccc3ccccc3c1)C(C)(C)CCC2(C)C. The molecule has 12 rings (SSSR count). The average molecular weight is 1070 g/mol. The Morgan fingerprint density at radius 3 is 1.82 bits per heavy atom. The van der Waals surface area contributed by atoms with Gasteiger partial charge in [0.15, 0.2) is 0 Å². The topological polar surface area (TPSA) is 6.48 Å². The first-order valence-electron chi connectivity index (χ1n) is 31.1. The molecule has 2 nitrogen and oxygen atoms in total. The van der Waals surface area contributed by atoms with E-state index in [2.05, 4.69) is 244 Å². The van der Waals surface area contributed by atoms with Crippen LogP contribution in [0.25, 0.3) is 21.9 Å². The van der Waals surface area contributed by atoms with E-state index in [1.807, 2.05) is 0 Å². The van der Waals surface area contributed by atoms with Gasteiger partial charge in [-0.3, -0.25) is 0 Å². The summed E-state index contributed by atoms with van der Waals surface area (Å²) in [5.74, 6) is 0.433. The Balaban J connectivity index is 1.26. The van der Waals surface area contributed by atoms with Gasteiger partial charge in [0.1, 0.15) is 0 Å². The molecule has 0 N–H and O–H groups in total. The van der Waals surface area contributed by atoms with Crippen molar-refractivity contribution in [2.45, 2.75) is 235 Å². The Labute approximate surface area is 483 Å². The summed E-state index contributed by atoms with van der Waals surface area (Å²) in [7, 11) is 0. The zero-order valence-electron chi connectivity index (χ0n) is 52.4. The summed E-state index contributed by atoms with van der Waals surface area (Å²) in [5, 5.41) is 2.59. The molecule has 0 amide bonds. The summed E-state index contributed by atoms with van der Waals surface area (Å²) in [5.41, 5.74) is 25.3. The van der Waals surface area contributed by atoms with Crippen LogP contribution in [0.3, 0.4) is 0 Å². The summed E-state index contributed by atoms with van der Waals surface area (Å²) < 4.78 is 1.56. The number of rotatable bonds is 8. The fourth-order valence-electron chi connectivity index (χ4n) is 16.1. The van der Waals surface area contributed by atoms with Gasteiger partial charge in [0.25, 0.3) is 6.71 Å². The minimum absolute atomic E-state index is 0.0216. The first-order chi connectivity index (χ1) is 36.9. The number of allylic oxidation sites excluding steroid dienone is 4. The van der Waals surface area contributed by atoms with Crippen molar-refractivity contribution in [3.05, 3.63) is 146 Å². The van der Waals surface area contributed by atoms with E-state index in [0.717, 1.165) is 12.8 Å². The molecule has 1 fully saturated rings. The largest absolute Gasteiger partial charge is 0.314 e. The number of anilines is 5. The van der Waals surface area contributed by atoms with Gasteiger partial charge in [-0.2, -0.15) is 11.3 Å². The van der Waals surface area contributed by atoms with Crippen molar-refractivity contribution < 1.29 is 0 Å². The highest BCUT2D eigenvalue weighted by molar-refractivity contribution is 7.28. The molecule has 79 heavy (non-hydrogen) atoms. The Morgan fingerprint density at radius 2 is 1.19 bits per heavy atom. The molecule has 0 radical (unpaired) electrons. The molecule has 3 heterocycles. The lowest BCUT2D eigenvalue weighted by Gasteiger charge is -2.54. The van der Waals surface area contributed by atoms with Crippen molar-refractivity contribution >= 4 is 67.5 Å². The summed E-state index contributed by atoms with van der Waals surface area (Å²) in [4.78, 5) is 7.38. The molecule has 6 aromatic rings. The predicted octanol–water partition coefficient (Wildman–Crippen LogP) is 20.7. The van der Waals surface area contributed by atoms with Crippen LogP contribution in [0, 0.1) is 16.7 Å². The van der Waals surface area contributed by atoms with Crippen molar-refractivity contribution in [3.8, 4) is 11.1 Å². The second kappa shape index (κ2) is 18.1. The molecule has 1 unspecified atom stereocenters. The number of hydrogen-bond acceptors (Lipinski definition) is 3. The summed E-state index contributed by atoms with van der Waals surface area (Å²) in [6, 6.07) is 34.9. The first kappa shape index (κ1) is 54.8. The van der Waals surface area contributed by atoms with Crippen molar-refractivity contribution in [3.63, 3.8) is 0 Å². The molecular weight excluding hydrogens is 972 g/mol. The van der Waals surface area contributed by atoms with Gasteiger partial charge in [0.05, 0.1) is 11.4 Å². The lowest BCUT2D eigenvalue weighted by atomic mass is 9.34. The summed E-state index contributed by atoms with van der Waals surface area (Å²) >= 11 is 2.20.